The van der Waals surface area contributed by atoms with E-state index in [1.807, 2.05) is 0 Å². The molecule has 1 heterocycles. The summed E-state index contributed by atoms with van der Waals surface area (Å²) in [7, 11) is 1.38. The second kappa shape index (κ2) is 4.20. The average Bonchev–Trinajstić information content (AvgIpc) is 3.04. The Morgan fingerprint density at radius 3 is 2.81 bits per heavy atom. The third-order valence-electron chi connectivity index (χ3n) is 3.11. The maximum Gasteiger partial charge on any atom is 0.407 e. The van der Waals surface area contributed by atoms with Crippen LogP contribution < -0.4 is 5.32 Å². The molecule has 4 heteroatoms. The van der Waals surface area contributed by atoms with Gasteiger partial charge in [0.25, 0.3) is 0 Å². The van der Waals surface area contributed by atoms with E-state index >= 15 is 0 Å². The number of aromatic nitrogens is 1. The molecule has 0 unspecified atom stereocenters. The largest absolute Gasteiger partial charge is 0.453 e. The molecule has 0 spiro atoms. The number of rotatable bonds is 3. The van der Waals surface area contributed by atoms with Crippen molar-refractivity contribution in [2.75, 3.05) is 7.11 Å². The molecule has 1 aliphatic rings. The molecule has 1 aromatic rings. The van der Waals surface area contributed by atoms with Crippen LogP contribution in [0.15, 0.2) is 6.07 Å². The summed E-state index contributed by atoms with van der Waals surface area (Å²) in [5.74, 6) is 0. The quantitative estimate of drug-likeness (QED) is 0.852. The first-order valence-corrected chi connectivity index (χ1v) is 5.62. The molecule has 0 aromatic carbocycles. The van der Waals surface area contributed by atoms with Crippen LogP contribution in [0.4, 0.5) is 4.79 Å². The summed E-state index contributed by atoms with van der Waals surface area (Å²) in [6, 6.07) is 2.83. The van der Waals surface area contributed by atoms with Crippen molar-refractivity contribution >= 4 is 6.09 Å². The third-order valence-corrected chi connectivity index (χ3v) is 3.11. The highest BCUT2D eigenvalue weighted by atomic mass is 16.5. The lowest BCUT2D eigenvalue weighted by atomic mass is 10.2. The predicted octanol–water partition coefficient (Wildman–Crippen LogP) is 2.30. The van der Waals surface area contributed by atoms with E-state index in [2.05, 4.69) is 34.5 Å². The zero-order valence-electron chi connectivity index (χ0n) is 10.0. The summed E-state index contributed by atoms with van der Waals surface area (Å²) < 4.78 is 6.92. The van der Waals surface area contributed by atoms with E-state index in [-0.39, 0.29) is 6.09 Å². The number of carbonyl (C=O) groups is 1. The molecule has 0 atom stereocenters. The second-order valence-corrected chi connectivity index (χ2v) is 4.34. The van der Waals surface area contributed by atoms with Gasteiger partial charge in [0.1, 0.15) is 0 Å². The Labute approximate surface area is 95.6 Å². The minimum absolute atomic E-state index is 0.378. The molecule has 4 nitrogen and oxygen atoms in total. The van der Waals surface area contributed by atoms with Gasteiger partial charge in [-0.2, -0.15) is 0 Å². The molecule has 0 saturated heterocycles. The van der Waals surface area contributed by atoms with Crippen molar-refractivity contribution in [3.05, 3.63) is 23.0 Å². The lowest BCUT2D eigenvalue weighted by Gasteiger charge is -2.08. The lowest BCUT2D eigenvalue weighted by molar-refractivity contribution is 0.170. The van der Waals surface area contributed by atoms with E-state index in [1.165, 1.54) is 36.9 Å². The number of nitrogens with one attached hydrogen (secondary N) is 1. The summed E-state index contributed by atoms with van der Waals surface area (Å²) >= 11 is 0. The van der Waals surface area contributed by atoms with Gasteiger partial charge in [-0.05, 0) is 38.3 Å². The number of carbonyl (C=O) groups excluding carboxylic acids is 1. The summed E-state index contributed by atoms with van der Waals surface area (Å²) in [5.41, 5.74) is 3.72. The van der Waals surface area contributed by atoms with Gasteiger partial charge in [0.05, 0.1) is 7.11 Å². The molecular weight excluding hydrogens is 204 g/mol. The van der Waals surface area contributed by atoms with Crippen LogP contribution in [0.3, 0.4) is 0 Å². The highest BCUT2D eigenvalue weighted by molar-refractivity contribution is 5.66. The minimum atomic E-state index is -0.378. The fourth-order valence-electron chi connectivity index (χ4n) is 2.16. The maximum absolute atomic E-state index is 11.0. The Bertz CT molecular complexity index is 405. The van der Waals surface area contributed by atoms with Gasteiger partial charge in [0.15, 0.2) is 0 Å². The molecule has 1 saturated carbocycles. The van der Waals surface area contributed by atoms with E-state index in [9.17, 15) is 4.79 Å². The molecule has 1 N–H and O–H groups in total. The average molecular weight is 222 g/mol. The first-order chi connectivity index (χ1) is 7.63. The van der Waals surface area contributed by atoms with Gasteiger partial charge in [-0.15, -0.1) is 0 Å². The molecule has 1 aliphatic carbocycles. The van der Waals surface area contributed by atoms with Crippen LogP contribution in [-0.2, 0) is 11.3 Å². The molecular formula is C12H18N2O2. The monoisotopic (exact) mass is 222 g/mol. The second-order valence-electron chi connectivity index (χ2n) is 4.34. The molecule has 0 radical (unpaired) electrons. The summed E-state index contributed by atoms with van der Waals surface area (Å²) in [5, 5.41) is 2.71. The van der Waals surface area contributed by atoms with Gasteiger partial charge >= 0.3 is 6.09 Å². The van der Waals surface area contributed by atoms with Gasteiger partial charge in [-0.25, -0.2) is 4.79 Å². The Morgan fingerprint density at radius 2 is 2.25 bits per heavy atom. The summed E-state index contributed by atoms with van der Waals surface area (Å²) in [4.78, 5) is 11.0. The Balaban J connectivity index is 2.09. The number of ether oxygens (including phenoxy) is 1. The molecule has 1 fully saturated rings. The predicted molar refractivity (Wildman–Crippen MR) is 61.4 cm³/mol. The number of methoxy groups -OCH3 is 1. The number of hydrogen-bond donors (Lipinski definition) is 1. The van der Waals surface area contributed by atoms with Crippen LogP contribution >= 0.6 is 0 Å². The van der Waals surface area contributed by atoms with Crippen molar-refractivity contribution in [3.63, 3.8) is 0 Å². The molecule has 1 amide bonds. The Hall–Kier alpha value is -1.45. The van der Waals surface area contributed by atoms with Crippen LogP contribution in [0, 0.1) is 13.8 Å². The standard InChI is InChI=1S/C12H18N2O2/c1-8-6-10(7-13-12(15)16-3)9(2)14(8)11-4-5-11/h6,11H,4-5,7H2,1-3H3,(H,13,15). The maximum atomic E-state index is 11.0. The SMILES string of the molecule is COC(=O)NCc1cc(C)n(C2CC2)c1C. The fraction of sp³-hybridized carbons (Fsp3) is 0.583. The number of alkyl carbamates (subject to hydrolysis) is 1. The van der Waals surface area contributed by atoms with Crippen LogP contribution in [-0.4, -0.2) is 17.8 Å². The summed E-state index contributed by atoms with van der Waals surface area (Å²) in [6.07, 6.45) is 2.18. The smallest absolute Gasteiger partial charge is 0.407 e. The topological polar surface area (TPSA) is 43.3 Å². The molecule has 2 rings (SSSR count). The number of amides is 1. The van der Waals surface area contributed by atoms with Crippen molar-refractivity contribution in [3.8, 4) is 0 Å². The fourth-order valence-corrected chi connectivity index (χ4v) is 2.16. The molecule has 16 heavy (non-hydrogen) atoms. The third kappa shape index (κ3) is 2.05. The van der Waals surface area contributed by atoms with Crippen molar-refractivity contribution in [2.24, 2.45) is 0 Å². The zero-order chi connectivity index (χ0) is 11.7. The van der Waals surface area contributed by atoms with Crippen LogP contribution in [0.25, 0.3) is 0 Å². The van der Waals surface area contributed by atoms with Gasteiger partial charge < -0.3 is 14.6 Å². The Kier molecular flexibility index (Phi) is 2.90. The van der Waals surface area contributed by atoms with E-state index in [1.54, 1.807) is 0 Å². The van der Waals surface area contributed by atoms with E-state index < -0.39 is 0 Å². The minimum Gasteiger partial charge on any atom is -0.453 e. The van der Waals surface area contributed by atoms with Crippen LogP contribution in [0.5, 0.6) is 0 Å². The first-order valence-electron chi connectivity index (χ1n) is 5.62. The van der Waals surface area contributed by atoms with Crippen molar-refractivity contribution in [2.45, 2.75) is 39.3 Å². The van der Waals surface area contributed by atoms with E-state index in [4.69, 9.17) is 0 Å². The number of hydrogen-bond acceptors (Lipinski definition) is 2. The highest BCUT2D eigenvalue weighted by Gasteiger charge is 2.26. The van der Waals surface area contributed by atoms with Crippen molar-refractivity contribution in [1.82, 2.24) is 9.88 Å². The zero-order valence-corrected chi connectivity index (χ0v) is 10.0. The van der Waals surface area contributed by atoms with Crippen molar-refractivity contribution < 1.29 is 9.53 Å². The highest BCUT2D eigenvalue weighted by Crippen LogP contribution is 2.38. The van der Waals surface area contributed by atoms with Crippen LogP contribution in [0.1, 0.15) is 35.8 Å². The lowest BCUT2D eigenvalue weighted by Crippen LogP contribution is -2.22. The van der Waals surface area contributed by atoms with Crippen LogP contribution in [0.2, 0.25) is 0 Å². The van der Waals surface area contributed by atoms with E-state index in [0.717, 1.165) is 0 Å². The molecule has 0 aliphatic heterocycles. The normalized spacial score (nSPS) is 14.9. The van der Waals surface area contributed by atoms with Gasteiger partial charge in [0, 0.05) is 24.0 Å². The van der Waals surface area contributed by atoms with Gasteiger partial charge in [-0.3, -0.25) is 0 Å². The van der Waals surface area contributed by atoms with Gasteiger partial charge in [-0.1, -0.05) is 0 Å². The molecule has 88 valence electrons. The molecule has 1 aromatic heterocycles. The van der Waals surface area contributed by atoms with Crippen molar-refractivity contribution in [1.29, 1.82) is 0 Å². The Morgan fingerprint density at radius 1 is 1.56 bits per heavy atom. The first kappa shape index (κ1) is 11.0. The summed E-state index contributed by atoms with van der Waals surface area (Å²) in [6.45, 7) is 4.77. The number of aryl methyl sites for hydroxylation is 1. The van der Waals surface area contributed by atoms with Gasteiger partial charge in [0.2, 0.25) is 0 Å². The molecule has 0 bridgehead atoms. The van der Waals surface area contributed by atoms with E-state index in [0.29, 0.717) is 12.6 Å². The number of nitrogens with zero attached hydrogens (tertiary/aromatic N) is 1.